The van der Waals surface area contributed by atoms with Gasteiger partial charge in [0.25, 0.3) is 0 Å². The molecular weight excluding hydrogens is 230 g/mol. The number of benzene rings is 1. The molecule has 1 rings (SSSR count). The number of hydrogen-bond donors (Lipinski definition) is 2. The molecule has 0 spiro atoms. The van der Waals surface area contributed by atoms with Crippen LogP contribution in [0, 0.1) is 6.92 Å². The number of aryl methyl sites for hydroxylation is 1. The van der Waals surface area contributed by atoms with Crippen LogP contribution in [0.1, 0.15) is 18.1 Å². The van der Waals surface area contributed by atoms with Gasteiger partial charge >= 0.3 is 0 Å². The van der Waals surface area contributed by atoms with Crippen molar-refractivity contribution in [2.45, 2.75) is 20.3 Å². The molecular formula is C13H19N3O2. The molecule has 1 aromatic carbocycles. The molecule has 0 unspecified atom stereocenters. The molecule has 0 fully saturated rings. The zero-order valence-electron chi connectivity index (χ0n) is 10.8. The van der Waals surface area contributed by atoms with Crippen LogP contribution < -0.4 is 5.73 Å². The van der Waals surface area contributed by atoms with E-state index in [4.69, 9.17) is 10.9 Å². The summed E-state index contributed by atoms with van der Waals surface area (Å²) in [6.45, 7) is 4.54. The summed E-state index contributed by atoms with van der Waals surface area (Å²) in [6.07, 6.45) is 0.326. The van der Waals surface area contributed by atoms with Crippen molar-refractivity contribution >= 4 is 11.7 Å². The molecule has 0 atom stereocenters. The number of nitrogens with two attached hydrogens (primary N) is 1. The van der Waals surface area contributed by atoms with Gasteiger partial charge in [-0.05, 0) is 19.4 Å². The second-order valence-corrected chi connectivity index (χ2v) is 4.16. The van der Waals surface area contributed by atoms with Gasteiger partial charge in [-0.1, -0.05) is 35.0 Å². The number of hydrogen-bond acceptors (Lipinski definition) is 3. The summed E-state index contributed by atoms with van der Waals surface area (Å²) in [6, 6.07) is 7.82. The standard InChI is InChI=1S/C13H19N3O2/c1-3-16(9-12(14)15-18)13(17)8-11-6-4-10(2)5-7-11/h4-7,18H,3,8-9H2,1-2H3,(H2,14,15). The molecule has 0 bridgehead atoms. The minimum atomic E-state index is -0.0343. The molecule has 1 aromatic rings. The maximum atomic E-state index is 12.0. The molecule has 3 N–H and O–H groups in total. The number of rotatable bonds is 5. The highest BCUT2D eigenvalue weighted by molar-refractivity contribution is 5.87. The molecule has 18 heavy (non-hydrogen) atoms. The van der Waals surface area contributed by atoms with Crippen molar-refractivity contribution in [3.05, 3.63) is 35.4 Å². The predicted octanol–water partition coefficient (Wildman–Crippen LogP) is 1.13. The first-order chi connectivity index (χ1) is 8.56. The smallest absolute Gasteiger partial charge is 0.227 e. The lowest BCUT2D eigenvalue weighted by Crippen LogP contribution is -2.39. The molecule has 0 saturated carbocycles. The zero-order chi connectivity index (χ0) is 13.5. The number of oxime groups is 1. The van der Waals surface area contributed by atoms with Crippen LogP contribution in [-0.4, -0.2) is 34.9 Å². The number of likely N-dealkylation sites (N-methyl/N-ethyl adjacent to an activating group) is 1. The predicted molar refractivity (Wildman–Crippen MR) is 70.5 cm³/mol. The first kappa shape index (κ1) is 14.0. The van der Waals surface area contributed by atoms with Crippen LogP contribution in [0.5, 0.6) is 0 Å². The summed E-state index contributed by atoms with van der Waals surface area (Å²) in [5, 5.41) is 11.4. The fraction of sp³-hybridized carbons (Fsp3) is 0.385. The molecule has 5 nitrogen and oxygen atoms in total. The van der Waals surface area contributed by atoms with Gasteiger partial charge in [-0.2, -0.15) is 0 Å². The summed E-state index contributed by atoms with van der Waals surface area (Å²) in [7, 11) is 0. The van der Waals surface area contributed by atoms with E-state index >= 15 is 0 Å². The van der Waals surface area contributed by atoms with Crippen molar-refractivity contribution in [1.82, 2.24) is 4.90 Å². The van der Waals surface area contributed by atoms with Crippen LogP contribution in [0.25, 0.3) is 0 Å². The molecule has 0 radical (unpaired) electrons. The summed E-state index contributed by atoms with van der Waals surface area (Å²) in [5.74, 6) is 0.00191. The van der Waals surface area contributed by atoms with Crippen molar-refractivity contribution in [3.8, 4) is 0 Å². The molecule has 0 saturated heterocycles. The third-order valence-corrected chi connectivity index (χ3v) is 2.69. The van der Waals surface area contributed by atoms with Crippen LogP contribution in [0.4, 0.5) is 0 Å². The molecule has 0 aromatic heterocycles. The van der Waals surface area contributed by atoms with Crippen molar-refractivity contribution in [2.75, 3.05) is 13.1 Å². The second kappa shape index (κ2) is 6.64. The lowest BCUT2D eigenvalue weighted by molar-refractivity contribution is -0.129. The Morgan fingerprint density at radius 1 is 1.39 bits per heavy atom. The monoisotopic (exact) mass is 249 g/mol. The molecule has 0 aliphatic rings. The van der Waals surface area contributed by atoms with Crippen molar-refractivity contribution in [2.24, 2.45) is 10.9 Å². The second-order valence-electron chi connectivity index (χ2n) is 4.16. The number of carbonyl (C=O) groups is 1. The van der Waals surface area contributed by atoms with E-state index in [1.165, 1.54) is 0 Å². The Kier molecular flexibility index (Phi) is 5.17. The summed E-state index contributed by atoms with van der Waals surface area (Å²) >= 11 is 0. The Balaban J connectivity index is 2.65. The summed E-state index contributed by atoms with van der Waals surface area (Å²) < 4.78 is 0. The summed E-state index contributed by atoms with van der Waals surface area (Å²) in [5.41, 5.74) is 7.53. The molecule has 0 aliphatic carbocycles. The molecule has 5 heteroatoms. The Labute approximate surface area is 107 Å². The van der Waals surface area contributed by atoms with E-state index in [-0.39, 0.29) is 18.3 Å². The lowest BCUT2D eigenvalue weighted by atomic mass is 10.1. The van der Waals surface area contributed by atoms with Crippen LogP contribution in [0.2, 0.25) is 0 Å². The van der Waals surface area contributed by atoms with Crippen molar-refractivity contribution in [1.29, 1.82) is 0 Å². The maximum absolute atomic E-state index is 12.0. The van der Waals surface area contributed by atoms with Gasteiger partial charge in [0.15, 0.2) is 5.84 Å². The zero-order valence-corrected chi connectivity index (χ0v) is 10.8. The third kappa shape index (κ3) is 4.08. The van der Waals surface area contributed by atoms with E-state index in [0.29, 0.717) is 13.0 Å². The molecule has 0 aliphatic heterocycles. The largest absolute Gasteiger partial charge is 0.409 e. The fourth-order valence-corrected chi connectivity index (χ4v) is 1.60. The molecule has 0 heterocycles. The van der Waals surface area contributed by atoms with Gasteiger partial charge in [0.1, 0.15) is 0 Å². The van der Waals surface area contributed by atoms with Gasteiger partial charge in [-0.3, -0.25) is 4.79 Å². The van der Waals surface area contributed by atoms with E-state index in [2.05, 4.69) is 5.16 Å². The number of amidine groups is 1. The van der Waals surface area contributed by atoms with Gasteiger partial charge in [-0.25, -0.2) is 0 Å². The lowest BCUT2D eigenvalue weighted by Gasteiger charge is -2.20. The first-order valence-electron chi connectivity index (χ1n) is 5.86. The van der Waals surface area contributed by atoms with E-state index in [0.717, 1.165) is 11.1 Å². The SMILES string of the molecule is CCN(CC(N)=NO)C(=O)Cc1ccc(C)cc1. The van der Waals surface area contributed by atoms with Crippen LogP contribution in [0.3, 0.4) is 0 Å². The number of nitrogens with zero attached hydrogens (tertiary/aromatic N) is 2. The highest BCUT2D eigenvalue weighted by atomic mass is 16.4. The van der Waals surface area contributed by atoms with Gasteiger partial charge in [0.05, 0.1) is 13.0 Å². The minimum Gasteiger partial charge on any atom is -0.409 e. The third-order valence-electron chi connectivity index (χ3n) is 2.69. The molecule has 1 amide bonds. The number of amides is 1. The normalized spacial score (nSPS) is 11.3. The minimum absolute atomic E-state index is 0.0343. The van der Waals surface area contributed by atoms with E-state index in [1.54, 1.807) is 4.90 Å². The Morgan fingerprint density at radius 3 is 2.50 bits per heavy atom. The van der Waals surface area contributed by atoms with E-state index < -0.39 is 0 Å². The molecule has 98 valence electrons. The Hall–Kier alpha value is -2.04. The van der Waals surface area contributed by atoms with Gasteiger partial charge in [0, 0.05) is 6.54 Å². The first-order valence-corrected chi connectivity index (χ1v) is 5.86. The highest BCUT2D eigenvalue weighted by Crippen LogP contribution is 2.06. The average Bonchev–Trinajstić information content (AvgIpc) is 2.38. The Bertz CT molecular complexity index is 426. The Morgan fingerprint density at radius 2 is 2.00 bits per heavy atom. The average molecular weight is 249 g/mol. The van der Waals surface area contributed by atoms with Gasteiger partial charge in [-0.15, -0.1) is 0 Å². The quantitative estimate of drug-likeness (QED) is 0.355. The van der Waals surface area contributed by atoms with Crippen LogP contribution in [0.15, 0.2) is 29.4 Å². The van der Waals surface area contributed by atoms with E-state index in [1.807, 2.05) is 38.1 Å². The van der Waals surface area contributed by atoms with Crippen molar-refractivity contribution < 1.29 is 10.0 Å². The van der Waals surface area contributed by atoms with Crippen LogP contribution >= 0.6 is 0 Å². The van der Waals surface area contributed by atoms with Crippen molar-refractivity contribution in [3.63, 3.8) is 0 Å². The number of carbonyl (C=O) groups excluding carboxylic acids is 1. The van der Waals surface area contributed by atoms with Crippen LogP contribution in [-0.2, 0) is 11.2 Å². The summed E-state index contributed by atoms with van der Waals surface area (Å²) in [4.78, 5) is 13.6. The maximum Gasteiger partial charge on any atom is 0.227 e. The van der Waals surface area contributed by atoms with E-state index in [9.17, 15) is 4.79 Å². The topological polar surface area (TPSA) is 78.9 Å². The van der Waals surface area contributed by atoms with Gasteiger partial charge < -0.3 is 15.8 Å². The highest BCUT2D eigenvalue weighted by Gasteiger charge is 2.13. The van der Waals surface area contributed by atoms with Gasteiger partial charge in [0.2, 0.25) is 5.91 Å². The fourth-order valence-electron chi connectivity index (χ4n) is 1.60.